The third-order valence-electron chi connectivity index (χ3n) is 4.03. The smallest absolute Gasteiger partial charge is 0.338 e. The van der Waals surface area contributed by atoms with Crippen molar-refractivity contribution < 1.29 is 14.3 Å². The van der Waals surface area contributed by atoms with Crippen LogP contribution in [-0.4, -0.2) is 24.5 Å². The number of benzene rings is 1. The Balaban J connectivity index is 3.37. The third-order valence-corrected chi connectivity index (χ3v) is 4.03. The number of ether oxygens (including phenoxy) is 1. The zero-order chi connectivity index (χ0) is 20.8. The summed E-state index contributed by atoms with van der Waals surface area (Å²) in [5.41, 5.74) is -0.102. The Morgan fingerprint density at radius 1 is 1.11 bits per heavy atom. The Morgan fingerprint density at radius 3 is 2.15 bits per heavy atom. The fourth-order valence-corrected chi connectivity index (χ4v) is 3.50. The number of rotatable bonds is 6. The lowest BCUT2D eigenvalue weighted by Crippen LogP contribution is -2.48. The summed E-state index contributed by atoms with van der Waals surface area (Å²) in [5.74, 6) is -3.42. The first-order chi connectivity index (χ1) is 12.5. The van der Waals surface area contributed by atoms with E-state index in [1.54, 1.807) is 18.2 Å². The average molecular weight is 369 g/mol. The first-order valence-corrected chi connectivity index (χ1v) is 8.74. The minimum absolute atomic E-state index is 0.0277. The molecule has 1 N–H and O–H groups in total. The van der Waals surface area contributed by atoms with Gasteiger partial charge in [-0.15, -0.1) is 0 Å². The Labute approximate surface area is 161 Å². The molecule has 1 unspecified atom stereocenters. The number of nitriles is 2. The number of esters is 1. The molecule has 1 aromatic carbocycles. The lowest BCUT2D eigenvalue weighted by molar-refractivity contribution is -0.124. The predicted molar refractivity (Wildman–Crippen MR) is 102 cm³/mol. The number of methoxy groups -OCH3 is 1. The van der Waals surface area contributed by atoms with Crippen molar-refractivity contribution in [2.24, 2.45) is 11.3 Å². The lowest BCUT2D eigenvalue weighted by atomic mass is 9.80. The fourth-order valence-electron chi connectivity index (χ4n) is 3.50. The van der Waals surface area contributed by atoms with Gasteiger partial charge in [0.05, 0.1) is 30.7 Å². The summed E-state index contributed by atoms with van der Waals surface area (Å²) < 4.78 is 4.78. The van der Waals surface area contributed by atoms with E-state index in [2.05, 4.69) is 26.1 Å². The van der Waals surface area contributed by atoms with Gasteiger partial charge in [0.2, 0.25) is 5.91 Å². The maximum atomic E-state index is 13.1. The molecule has 0 aliphatic rings. The van der Waals surface area contributed by atoms with E-state index in [1.807, 2.05) is 26.0 Å². The quantitative estimate of drug-likeness (QED) is 0.772. The monoisotopic (exact) mass is 369 g/mol. The summed E-state index contributed by atoms with van der Waals surface area (Å²) in [6, 6.07) is 10.2. The molecule has 1 atom stereocenters. The highest BCUT2D eigenvalue weighted by molar-refractivity contribution is 5.95. The maximum Gasteiger partial charge on any atom is 0.338 e. The van der Waals surface area contributed by atoms with E-state index in [-0.39, 0.29) is 11.0 Å². The standard InChI is InChI=1S/C21H27N3O3/c1-20(2,3)13-21(4,5)24-18(25)17(14(11-22)12-23)15-9-7-8-10-16(15)19(26)27-6/h7-10,14,17H,13H2,1-6H3,(H,24,25). The first kappa shape index (κ1) is 22.2. The number of carbonyl (C=O) groups is 2. The largest absolute Gasteiger partial charge is 0.465 e. The van der Waals surface area contributed by atoms with Gasteiger partial charge in [0.25, 0.3) is 0 Å². The molecule has 1 rings (SSSR count). The van der Waals surface area contributed by atoms with Crippen LogP contribution >= 0.6 is 0 Å². The van der Waals surface area contributed by atoms with E-state index in [9.17, 15) is 20.1 Å². The van der Waals surface area contributed by atoms with Gasteiger partial charge in [-0.1, -0.05) is 39.0 Å². The summed E-state index contributed by atoms with van der Waals surface area (Å²) in [5, 5.41) is 21.8. The van der Waals surface area contributed by atoms with Crippen molar-refractivity contribution in [3.05, 3.63) is 35.4 Å². The Hall–Kier alpha value is -2.86. The van der Waals surface area contributed by atoms with Crippen molar-refractivity contribution in [2.45, 2.75) is 52.5 Å². The second kappa shape index (κ2) is 8.68. The molecule has 0 fully saturated rings. The van der Waals surface area contributed by atoms with Crippen LogP contribution in [0.25, 0.3) is 0 Å². The van der Waals surface area contributed by atoms with Gasteiger partial charge in [0.15, 0.2) is 0 Å². The van der Waals surface area contributed by atoms with Crippen LogP contribution in [0.3, 0.4) is 0 Å². The van der Waals surface area contributed by atoms with E-state index in [1.165, 1.54) is 13.2 Å². The molecule has 0 aliphatic carbocycles. The fraction of sp³-hybridized carbons (Fsp3) is 0.524. The van der Waals surface area contributed by atoms with E-state index < -0.39 is 29.3 Å². The van der Waals surface area contributed by atoms with Gasteiger partial charge in [0.1, 0.15) is 5.92 Å². The molecule has 27 heavy (non-hydrogen) atoms. The number of amides is 1. The topological polar surface area (TPSA) is 103 Å². The van der Waals surface area contributed by atoms with Crippen molar-refractivity contribution >= 4 is 11.9 Å². The van der Waals surface area contributed by atoms with Crippen LogP contribution in [0, 0.1) is 34.0 Å². The molecule has 6 nitrogen and oxygen atoms in total. The van der Waals surface area contributed by atoms with Gasteiger partial charge >= 0.3 is 5.97 Å². The molecule has 0 spiro atoms. The van der Waals surface area contributed by atoms with E-state index >= 15 is 0 Å². The zero-order valence-corrected chi connectivity index (χ0v) is 16.8. The van der Waals surface area contributed by atoms with Crippen molar-refractivity contribution in [3.63, 3.8) is 0 Å². The van der Waals surface area contributed by atoms with Crippen molar-refractivity contribution in [1.82, 2.24) is 5.32 Å². The van der Waals surface area contributed by atoms with E-state index in [0.717, 1.165) is 0 Å². The van der Waals surface area contributed by atoms with Crippen molar-refractivity contribution in [1.29, 1.82) is 10.5 Å². The number of carbonyl (C=O) groups excluding carboxylic acids is 2. The highest BCUT2D eigenvalue weighted by atomic mass is 16.5. The molecule has 0 saturated heterocycles. The molecule has 0 aliphatic heterocycles. The Morgan fingerprint density at radius 2 is 1.67 bits per heavy atom. The Kier molecular flexibility index (Phi) is 7.13. The van der Waals surface area contributed by atoms with Crippen LogP contribution in [0.4, 0.5) is 0 Å². The second-order valence-corrected chi connectivity index (χ2v) is 8.40. The minimum Gasteiger partial charge on any atom is -0.465 e. The molecule has 0 aromatic heterocycles. The summed E-state index contributed by atoms with van der Waals surface area (Å²) >= 11 is 0. The number of nitrogens with one attached hydrogen (secondary N) is 1. The van der Waals surface area contributed by atoms with E-state index in [0.29, 0.717) is 12.0 Å². The highest BCUT2D eigenvalue weighted by Crippen LogP contribution is 2.31. The molecule has 0 saturated carbocycles. The predicted octanol–water partition coefficient (Wildman–Crippen LogP) is 3.55. The minimum atomic E-state index is -1.23. The van der Waals surface area contributed by atoms with Crippen LogP contribution in [0.15, 0.2) is 24.3 Å². The van der Waals surface area contributed by atoms with Gasteiger partial charge in [0, 0.05) is 5.54 Å². The highest BCUT2D eigenvalue weighted by Gasteiger charge is 2.36. The third kappa shape index (κ3) is 6.11. The summed E-state index contributed by atoms with van der Waals surface area (Å²) in [6.45, 7) is 10.00. The molecule has 0 radical (unpaired) electrons. The van der Waals surface area contributed by atoms with Crippen molar-refractivity contribution in [3.8, 4) is 12.1 Å². The molecule has 1 amide bonds. The van der Waals surface area contributed by atoms with Crippen LogP contribution < -0.4 is 5.32 Å². The van der Waals surface area contributed by atoms with Crippen LogP contribution in [0.2, 0.25) is 0 Å². The van der Waals surface area contributed by atoms with Gasteiger partial charge < -0.3 is 10.1 Å². The van der Waals surface area contributed by atoms with Gasteiger partial charge in [-0.2, -0.15) is 10.5 Å². The number of hydrogen-bond acceptors (Lipinski definition) is 5. The molecule has 1 aromatic rings. The normalized spacial score (nSPS) is 12.6. The summed E-state index contributed by atoms with van der Waals surface area (Å²) in [7, 11) is 1.24. The molecular formula is C21H27N3O3. The van der Waals surface area contributed by atoms with Crippen LogP contribution in [-0.2, 0) is 9.53 Å². The van der Waals surface area contributed by atoms with Crippen LogP contribution in [0.1, 0.15) is 62.9 Å². The summed E-state index contributed by atoms with van der Waals surface area (Å²) in [6.07, 6.45) is 0.695. The van der Waals surface area contributed by atoms with Gasteiger partial charge in [-0.3, -0.25) is 4.79 Å². The zero-order valence-electron chi connectivity index (χ0n) is 16.8. The molecular weight excluding hydrogens is 342 g/mol. The number of nitrogens with zero attached hydrogens (tertiary/aromatic N) is 2. The molecule has 0 bridgehead atoms. The first-order valence-electron chi connectivity index (χ1n) is 8.74. The van der Waals surface area contributed by atoms with E-state index in [4.69, 9.17) is 4.74 Å². The average Bonchev–Trinajstić information content (AvgIpc) is 2.56. The van der Waals surface area contributed by atoms with Gasteiger partial charge in [-0.25, -0.2) is 4.79 Å². The van der Waals surface area contributed by atoms with Crippen molar-refractivity contribution in [2.75, 3.05) is 7.11 Å². The Bertz CT molecular complexity index is 765. The molecule has 6 heteroatoms. The SMILES string of the molecule is COC(=O)c1ccccc1C(C(=O)NC(C)(C)CC(C)(C)C)C(C#N)C#N. The van der Waals surface area contributed by atoms with Crippen LogP contribution in [0.5, 0.6) is 0 Å². The number of hydrogen-bond donors (Lipinski definition) is 1. The molecule has 144 valence electrons. The van der Waals surface area contributed by atoms with Gasteiger partial charge in [-0.05, 0) is 37.3 Å². The maximum absolute atomic E-state index is 13.1. The second-order valence-electron chi connectivity index (χ2n) is 8.40. The lowest BCUT2D eigenvalue weighted by Gasteiger charge is -2.35. The summed E-state index contributed by atoms with van der Waals surface area (Å²) in [4.78, 5) is 25.2. The molecule has 0 heterocycles.